The van der Waals surface area contributed by atoms with Crippen molar-refractivity contribution in [3.05, 3.63) is 59.7 Å². The summed E-state index contributed by atoms with van der Waals surface area (Å²) >= 11 is 1.24. The molecule has 3 aromatic rings. The van der Waals surface area contributed by atoms with Crippen molar-refractivity contribution in [2.75, 3.05) is 16.4 Å². The number of hydrogen-bond acceptors (Lipinski definition) is 6. The highest BCUT2D eigenvalue weighted by molar-refractivity contribution is 7.99. The second-order valence-electron chi connectivity index (χ2n) is 7.78. The van der Waals surface area contributed by atoms with Gasteiger partial charge >= 0.3 is 0 Å². The first-order valence-electron chi connectivity index (χ1n) is 9.39. The number of hydrogen-bond donors (Lipinski definition) is 2. The molecule has 2 amide bonds. The molecule has 0 aliphatic heterocycles. The number of aryl methyl sites for hydroxylation is 1. The van der Waals surface area contributed by atoms with Gasteiger partial charge < -0.3 is 10.6 Å². The summed E-state index contributed by atoms with van der Waals surface area (Å²) in [5.74, 6) is -0.207. The summed E-state index contributed by atoms with van der Waals surface area (Å²) < 4.78 is 1.50. The van der Waals surface area contributed by atoms with Gasteiger partial charge in [0.05, 0.1) is 5.75 Å². The van der Waals surface area contributed by atoms with Crippen molar-refractivity contribution in [2.45, 2.75) is 31.3 Å². The minimum Gasteiger partial charge on any atom is -0.325 e. The average Bonchev–Trinajstić information content (AvgIpc) is 3.11. The van der Waals surface area contributed by atoms with Crippen LogP contribution in [0.1, 0.15) is 36.7 Å². The molecule has 2 N–H and O–H groups in total. The molecule has 0 unspecified atom stereocenters. The summed E-state index contributed by atoms with van der Waals surface area (Å²) in [6.07, 6.45) is 0. The van der Waals surface area contributed by atoms with Gasteiger partial charge in [0.2, 0.25) is 11.1 Å². The van der Waals surface area contributed by atoms with Crippen molar-refractivity contribution in [3.8, 4) is 0 Å². The Bertz CT molecular complexity index is 1020. The van der Waals surface area contributed by atoms with E-state index in [1.807, 2.05) is 24.3 Å². The zero-order valence-electron chi connectivity index (χ0n) is 17.3. The SMILES string of the molecule is Cn1nnnc1SCC(=O)Nc1ccc(C(=O)Nc2ccc(C(C)(C)C)cc2)cc1. The van der Waals surface area contributed by atoms with Crippen LogP contribution >= 0.6 is 11.8 Å². The van der Waals surface area contributed by atoms with Gasteiger partial charge in [0.15, 0.2) is 0 Å². The largest absolute Gasteiger partial charge is 0.325 e. The minimum atomic E-state index is -0.207. The predicted octanol–water partition coefficient (Wildman–Crippen LogP) is 3.49. The Morgan fingerprint density at radius 2 is 1.57 bits per heavy atom. The third-order valence-electron chi connectivity index (χ3n) is 4.35. The highest BCUT2D eigenvalue weighted by Crippen LogP contribution is 2.23. The Kier molecular flexibility index (Phi) is 6.51. The molecule has 30 heavy (non-hydrogen) atoms. The summed E-state index contributed by atoms with van der Waals surface area (Å²) in [6.45, 7) is 6.44. The number of aromatic nitrogens is 4. The normalized spacial score (nSPS) is 11.2. The molecular formula is C21H24N6O2S. The van der Waals surface area contributed by atoms with Crippen LogP contribution in [0.4, 0.5) is 11.4 Å². The van der Waals surface area contributed by atoms with Crippen molar-refractivity contribution in [2.24, 2.45) is 7.05 Å². The molecule has 0 aliphatic rings. The Labute approximate surface area is 179 Å². The third kappa shape index (κ3) is 5.66. The lowest BCUT2D eigenvalue weighted by Gasteiger charge is -2.19. The number of carbonyl (C=O) groups excluding carboxylic acids is 2. The van der Waals surface area contributed by atoms with Crippen molar-refractivity contribution in [1.29, 1.82) is 0 Å². The van der Waals surface area contributed by atoms with E-state index in [1.165, 1.54) is 22.0 Å². The van der Waals surface area contributed by atoms with Crippen LogP contribution < -0.4 is 10.6 Å². The zero-order chi connectivity index (χ0) is 21.7. The first-order chi connectivity index (χ1) is 14.2. The van der Waals surface area contributed by atoms with Crippen LogP contribution in [-0.2, 0) is 17.3 Å². The van der Waals surface area contributed by atoms with Crippen molar-refractivity contribution >= 4 is 35.0 Å². The highest BCUT2D eigenvalue weighted by Gasteiger charge is 2.14. The third-order valence-corrected chi connectivity index (χ3v) is 5.36. The molecule has 0 bridgehead atoms. The number of nitrogens with one attached hydrogen (secondary N) is 2. The fraction of sp³-hybridized carbons (Fsp3) is 0.286. The number of thioether (sulfide) groups is 1. The maximum absolute atomic E-state index is 12.5. The monoisotopic (exact) mass is 424 g/mol. The van der Waals surface area contributed by atoms with E-state index in [0.29, 0.717) is 16.4 Å². The summed E-state index contributed by atoms with van der Waals surface area (Å²) in [5, 5.41) is 17.3. The Balaban J connectivity index is 1.53. The van der Waals surface area contributed by atoms with Crippen LogP contribution in [0.2, 0.25) is 0 Å². The maximum Gasteiger partial charge on any atom is 0.255 e. The fourth-order valence-corrected chi connectivity index (χ4v) is 3.28. The summed E-state index contributed by atoms with van der Waals surface area (Å²) in [7, 11) is 1.71. The van der Waals surface area contributed by atoms with Gasteiger partial charge in [-0.2, -0.15) is 0 Å². The summed E-state index contributed by atoms with van der Waals surface area (Å²) in [4.78, 5) is 24.6. The molecule has 1 heterocycles. The summed E-state index contributed by atoms with van der Waals surface area (Å²) in [6, 6.07) is 14.6. The molecule has 0 saturated carbocycles. The van der Waals surface area contributed by atoms with Gasteiger partial charge in [0.1, 0.15) is 0 Å². The number of carbonyl (C=O) groups is 2. The van der Waals surface area contributed by atoms with Gasteiger partial charge in [-0.3, -0.25) is 9.59 Å². The number of benzene rings is 2. The molecule has 2 aromatic carbocycles. The second kappa shape index (κ2) is 9.08. The lowest BCUT2D eigenvalue weighted by molar-refractivity contribution is -0.113. The quantitative estimate of drug-likeness (QED) is 0.588. The van der Waals surface area contributed by atoms with Gasteiger partial charge in [-0.05, 0) is 57.8 Å². The highest BCUT2D eigenvalue weighted by atomic mass is 32.2. The lowest BCUT2D eigenvalue weighted by atomic mass is 9.87. The molecular weight excluding hydrogens is 400 g/mol. The predicted molar refractivity (Wildman–Crippen MR) is 118 cm³/mol. The van der Waals surface area contributed by atoms with Gasteiger partial charge in [0, 0.05) is 24.0 Å². The maximum atomic E-state index is 12.5. The van der Waals surface area contributed by atoms with E-state index in [2.05, 4.69) is 46.9 Å². The van der Waals surface area contributed by atoms with Crippen LogP contribution in [0.25, 0.3) is 0 Å². The van der Waals surface area contributed by atoms with Crippen molar-refractivity contribution < 1.29 is 9.59 Å². The van der Waals surface area contributed by atoms with Crippen molar-refractivity contribution in [3.63, 3.8) is 0 Å². The van der Waals surface area contributed by atoms with Gasteiger partial charge in [0.25, 0.3) is 5.91 Å². The van der Waals surface area contributed by atoms with Crippen LogP contribution in [0.3, 0.4) is 0 Å². The molecule has 0 spiro atoms. The molecule has 8 nitrogen and oxygen atoms in total. The Morgan fingerprint density at radius 1 is 0.967 bits per heavy atom. The standard InChI is InChI=1S/C21H24N6O2S/c1-21(2,3)15-7-11-17(12-8-15)23-19(29)14-5-9-16(10-6-14)22-18(28)13-30-20-24-25-26-27(20)4/h5-12H,13H2,1-4H3,(H,22,28)(H,23,29). The van der Waals surface area contributed by atoms with Crippen LogP contribution in [-0.4, -0.2) is 37.8 Å². The van der Waals surface area contributed by atoms with E-state index in [9.17, 15) is 9.59 Å². The van der Waals surface area contributed by atoms with E-state index in [-0.39, 0.29) is 23.0 Å². The molecule has 0 atom stereocenters. The van der Waals surface area contributed by atoms with E-state index in [4.69, 9.17) is 0 Å². The molecule has 3 rings (SSSR count). The van der Waals surface area contributed by atoms with Crippen molar-refractivity contribution in [1.82, 2.24) is 20.2 Å². The average molecular weight is 425 g/mol. The zero-order valence-corrected chi connectivity index (χ0v) is 18.2. The fourth-order valence-electron chi connectivity index (χ4n) is 2.63. The van der Waals surface area contributed by atoms with Crippen LogP contribution in [0.5, 0.6) is 0 Å². The molecule has 0 fully saturated rings. The Morgan fingerprint density at radius 3 is 2.13 bits per heavy atom. The molecule has 0 saturated heterocycles. The molecule has 9 heteroatoms. The van der Waals surface area contributed by atoms with E-state index in [1.54, 1.807) is 31.3 Å². The molecule has 0 aliphatic carbocycles. The summed E-state index contributed by atoms with van der Waals surface area (Å²) in [5.41, 5.74) is 3.12. The smallest absolute Gasteiger partial charge is 0.255 e. The number of tetrazole rings is 1. The Hall–Kier alpha value is -3.20. The van der Waals surface area contributed by atoms with E-state index >= 15 is 0 Å². The van der Waals surface area contributed by atoms with Crippen LogP contribution in [0.15, 0.2) is 53.7 Å². The number of nitrogens with zero attached hydrogens (tertiary/aromatic N) is 4. The van der Waals surface area contributed by atoms with Gasteiger partial charge in [-0.25, -0.2) is 4.68 Å². The second-order valence-corrected chi connectivity index (χ2v) is 8.72. The van der Waals surface area contributed by atoms with Gasteiger partial charge in [-0.15, -0.1) is 5.10 Å². The number of amides is 2. The number of anilines is 2. The molecule has 156 valence electrons. The van der Waals surface area contributed by atoms with E-state index in [0.717, 1.165) is 5.69 Å². The van der Waals surface area contributed by atoms with Crippen LogP contribution in [0, 0.1) is 0 Å². The van der Waals surface area contributed by atoms with Gasteiger partial charge in [-0.1, -0.05) is 44.7 Å². The topological polar surface area (TPSA) is 102 Å². The minimum absolute atomic E-state index is 0.0620. The lowest BCUT2D eigenvalue weighted by Crippen LogP contribution is -2.15. The first-order valence-corrected chi connectivity index (χ1v) is 10.4. The first kappa shape index (κ1) is 21.5. The number of rotatable bonds is 6. The molecule has 1 aromatic heterocycles. The van der Waals surface area contributed by atoms with E-state index < -0.39 is 0 Å². The molecule has 0 radical (unpaired) electrons.